The molecule has 6 heteroatoms. The van der Waals surface area contributed by atoms with Crippen LogP contribution < -0.4 is 16.5 Å². The summed E-state index contributed by atoms with van der Waals surface area (Å²) >= 11 is 0. The Balaban J connectivity index is 0.00000338. The number of nitrogens with one attached hydrogen (secondary N) is 2. The van der Waals surface area contributed by atoms with Crippen molar-refractivity contribution in [1.29, 1.82) is 0 Å². The highest BCUT2D eigenvalue weighted by atomic mass is 16.5. The summed E-state index contributed by atoms with van der Waals surface area (Å²) in [6.07, 6.45) is 0. The maximum atomic E-state index is 12.2. The van der Waals surface area contributed by atoms with E-state index in [-0.39, 0.29) is 7.43 Å². The molecule has 26 heavy (non-hydrogen) atoms. The zero-order valence-electron chi connectivity index (χ0n) is 13.7. The highest BCUT2D eigenvalue weighted by molar-refractivity contribution is 5.97. The lowest BCUT2D eigenvalue weighted by Crippen LogP contribution is -2.54. The third-order valence-corrected chi connectivity index (χ3v) is 3.48. The fourth-order valence-electron chi connectivity index (χ4n) is 2.10. The molecule has 2 atom stereocenters. The lowest BCUT2D eigenvalue weighted by atomic mass is 10.1. The van der Waals surface area contributed by atoms with E-state index in [1.807, 2.05) is 30.3 Å². The van der Waals surface area contributed by atoms with E-state index in [0.717, 1.165) is 11.1 Å². The van der Waals surface area contributed by atoms with E-state index in [1.54, 1.807) is 31.2 Å². The molecule has 0 saturated heterocycles. The van der Waals surface area contributed by atoms with E-state index in [2.05, 4.69) is 17.2 Å². The van der Waals surface area contributed by atoms with E-state index in [4.69, 9.17) is 10.9 Å². The molecule has 0 heterocycles. The SMILES string of the molecule is C.C[C@@H](N)[C@@H](NC(=O)c1ccc(C#Cc2ccccc2)cc1)C(=O)NO. The molecule has 0 unspecified atom stereocenters. The fraction of sp³-hybridized carbons (Fsp3) is 0.200. The van der Waals surface area contributed by atoms with Crippen molar-refractivity contribution in [2.45, 2.75) is 26.4 Å². The first-order valence-corrected chi connectivity index (χ1v) is 7.69. The van der Waals surface area contributed by atoms with E-state index in [1.165, 1.54) is 5.48 Å². The summed E-state index contributed by atoms with van der Waals surface area (Å²) in [4.78, 5) is 23.7. The Labute approximate surface area is 153 Å². The molecule has 0 bridgehead atoms. The van der Waals surface area contributed by atoms with Crippen molar-refractivity contribution < 1.29 is 14.8 Å². The second-order valence-corrected chi connectivity index (χ2v) is 5.48. The average molecular weight is 353 g/mol. The van der Waals surface area contributed by atoms with Gasteiger partial charge >= 0.3 is 0 Å². The maximum Gasteiger partial charge on any atom is 0.267 e. The lowest BCUT2D eigenvalue weighted by Gasteiger charge is -2.20. The molecule has 0 aromatic heterocycles. The number of hydrogen-bond acceptors (Lipinski definition) is 4. The quantitative estimate of drug-likeness (QED) is 0.381. The van der Waals surface area contributed by atoms with Crippen molar-refractivity contribution in [1.82, 2.24) is 10.8 Å². The third-order valence-electron chi connectivity index (χ3n) is 3.48. The number of carbonyl (C=O) groups excluding carboxylic acids is 2. The Bertz CT molecular complexity index is 791. The number of hydrogen-bond donors (Lipinski definition) is 4. The summed E-state index contributed by atoms with van der Waals surface area (Å²) < 4.78 is 0. The van der Waals surface area contributed by atoms with Crippen LogP contribution in [-0.4, -0.2) is 29.1 Å². The third kappa shape index (κ3) is 5.74. The van der Waals surface area contributed by atoms with Gasteiger partial charge in [-0.15, -0.1) is 0 Å². The van der Waals surface area contributed by atoms with Crippen molar-refractivity contribution in [2.75, 3.05) is 0 Å². The Morgan fingerprint density at radius 2 is 1.54 bits per heavy atom. The van der Waals surface area contributed by atoms with Gasteiger partial charge in [0.1, 0.15) is 6.04 Å². The van der Waals surface area contributed by atoms with Crippen LogP contribution in [0.15, 0.2) is 54.6 Å². The van der Waals surface area contributed by atoms with Crippen molar-refractivity contribution in [3.63, 3.8) is 0 Å². The van der Waals surface area contributed by atoms with Gasteiger partial charge < -0.3 is 11.1 Å². The van der Waals surface area contributed by atoms with Crippen LogP contribution in [0.25, 0.3) is 0 Å². The molecule has 2 amide bonds. The molecule has 136 valence electrons. The first-order valence-electron chi connectivity index (χ1n) is 7.69. The Morgan fingerprint density at radius 1 is 1.00 bits per heavy atom. The molecular formula is C20H23N3O3. The maximum absolute atomic E-state index is 12.2. The van der Waals surface area contributed by atoms with Crippen LogP contribution in [0, 0.1) is 11.8 Å². The molecule has 0 saturated carbocycles. The monoisotopic (exact) mass is 353 g/mol. The Morgan fingerprint density at radius 3 is 2.04 bits per heavy atom. The summed E-state index contributed by atoms with van der Waals surface area (Å²) in [6, 6.07) is 14.5. The molecule has 0 aliphatic rings. The summed E-state index contributed by atoms with van der Waals surface area (Å²) in [5.41, 5.74) is 9.17. The molecule has 2 aromatic carbocycles. The molecule has 2 aromatic rings. The zero-order chi connectivity index (χ0) is 18.2. The molecule has 0 fully saturated rings. The van der Waals surface area contributed by atoms with Crippen LogP contribution in [0.3, 0.4) is 0 Å². The van der Waals surface area contributed by atoms with Crippen LogP contribution in [0.1, 0.15) is 35.8 Å². The number of hydroxylamine groups is 1. The second-order valence-electron chi connectivity index (χ2n) is 5.48. The molecule has 5 N–H and O–H groups in total. The van der Waals surface area contributed by atoms with E-state index >= 15 is 0 Å². The number of carbonyl (C=O) groups is 2. The van der Waals surface area contributed by atoms with Crippen molar-refractivity contribution >= 4 is 11.8 Å². The van der Waals surface area contributed by atoms with Crippen molar-refractivity contribution in [2.24, 2.45) is 5.73 Å². The smallest absolute Gasteiger partial charge is 0.267 e. The normalized spacial score (nSPS) is 11.8. The van der Waals surface area contributed by atoms with Gasteiger partial charge in [-0.05, 0) is 43.3 Å². The van der Waals surface area contributed by atoms with Gasteiger partial charge in [0.25, 0.3) is 11.8 Å². The summed E-state index contributed by atoms with van der Waals surface area (Å²) in [7, 11) is 0. The molecule has 0 radical (unpaired) electrons. The van der Waals surface area contributed by atoms with Crippen LogP contribution in [0.5, 0.6) is 0 Å². The number of amides is 2. The molecule has 0 spiro atoms. The van der Waals surface area contributed by atoms with Crippen LogP contribution >= 0.6 is 0 Å². The van der Waals surface area contributed by atoms with Gasteiger partial charge in [-0.1, -0.05) is 37.5 Å². The van der Waals surface area contributed by atoms with Gasteiger partial charge in [-0.25, -0.2) is 5.48 Å². The first-order chi connectivity index (χ1) is 12.0. The average Bonchev–Trinajstić information content (AvgIpc) is 2.64. The first kappa shape index (κ1) is 20.9. The molecule has 0 aliphatic carbocycles. The van der Waals surface area contributed by atoms with Gasteiger partial charge in [0.05, 0.1) is 0 Å². The van der Waals surface area contributed by atoms with Gasteiger partial charge in [-0.2, -0.15) is 0 Å². The largest absolute Gasteiger partial charge is 0.339 e. The topological polar surface area (TPSA) is 104 Å². The highest BCUT2D eigenvalue weighted by Gasteiger charge is 2.24. The van der Waals surface area contributed by atoms with Crippen LogP contribution in [0.2, 0.25) is 0 Å². The number of rotatable bonds is 4. The van der Waals surface area contributed by atoms with Crippen LogP contribution in [0.4, 0.5) is 0 Å². The Hall–Kier alpha value is -3.14. The molecule has 0 aliphatic heterocycles. The summed E-state index contributed by atoms with van der Waals surface area (Å²) in [5, 5.41) is 11.2. The highest BCUT2D eigenvalue weighted by Crippen LogP contribution is 2.05. The minimum absolute atomic E-state index is 0. The predicted molar refractivity (Wildman–Crippen MR) is 100 cm³/mol. The minimum atomic E-state index is -1.03. The van der Waals surface area contributed by atoms with Crippen LogP contribution in [-0.2, 0) is 4.79 Å². The second kappa shape index (κ2) is 9.99. The summed E-state index contributed by atoms with van der Waals surface area (Å²) in [6.45, 7) is 1.56. The predicted octanol–water partition coefficient (Wildman–Crippen LogP) is 1.67. The zero-order valence-corrected chi connectivity index (χ0v) is 13.7. The lowest BCUT2D eigenvalue weighted by molar-refractivity contribution is -0.131. The number of benzene rings is 2. The molecule has 2 rings (SSSR count). The van der Waals surface area contributed by atoms with Gasteiger partial charge in [0, 0.05) is 22.7 Å². The molecule has 6 nitrogen and oxygen atoms in total. The van der Waals surface area contributed by atoms with E-state index in [9.17, 15) is 9.59 Å². The van der Waals surface area contributed by atoms with Gasteiger partial charge in [-0.3, -0.25) is 14.8 Å². The minimum Gasteiger partial charge on any atom is -0.339 e. The molecular weight excluding hydrogens is 330 g/mol. The number of nitrogens with two attached hydrogens (primary N) is 1. The van der Waals surface area contributed by atoms with E-state index in [0.29, 0.717) is 5.56 Å². The van der Waals surface area contributed by atoms with Crippen molar-refractivity contribution in [3.05, 3.63) is 71.3 Å². The van der Waals surface area contributed by atoms with Crippen molar-refractivity contribution in [3.8, 4) is 11.8 Å². The fourth-order valence-corrected chi connectivity index (χ4v) is 2.10. The van der Waals surface area contributed by atoms with Gasteiger partial charge in [0.2, 0.25) is 0 Å². The Kier molecular flexibility index (Phi) is 8.03. The van der Waals surface area contributed by atoms with Gasteiger partial charge in [0.15, 0.2) is 0 Å². The standard InChI is InChI=1S/C19H19N3O3.CH4/c1-13(20)17(19(24)22-25)21-18(23)16-11-9-15(10-12-16)8-7-14-5-3-2-4-6-14;/h2-6,9-13,17,25H,20H2,1H3,(H,21,23)(H,22,24);1H4/t13-,17-;/m1./s1. The van der Waals surface area contributed by atoms with E-state index < -0.39 is 23.9 Å². The summed E-state index contributed by atoms with van der Waals surface area (Å²) in [5.74, 6) is 4.81.